The smallest absolute Gasteiger partial charge is 0.250 e. The third-order valence-electron chi connectivity index (χ3n) is 6.34. The molecular formula is C22H20N4O4. The van der Waals surface area contributed by atoms with Crippen molar-refractivity contribution in [1.82, 2.24) is 5.32 Å². The van der Waals surface area contributed by atoms with E-state index in [9.17, 15) is 19.2 Å². The molecule has 0 saturated carbocycles. The van der Waals surface area contributed by atoms with E-state index in [-0.39, 0.29) is 24.7 Å². The number of carbonyl (C=O) groups excluding carboxylic acids is 4. The van der Waals surface area contributed by atoms with Crippen molar-refractivity contribution in [1.29, 1.82) is 0 Å². The number of rotatable bonds is 4. The minimum atomic E-state index is -1.36. The van der Waals surface area contributed by atoms with Gasteiger partial charge in [0.25, 0.3) is 0 Å². The normalized spacial score (nSPS) is 29.3. The van der Waals surface area contributed by atoms with E-state index in [1.807, 2.05) is 0 Å². The van der Waals surface area contributed by atoms with Crippen LogP contribution in [0.3, 0.4) is 0 Å². The van der Waals surface area contributed by atoms with Gasteiger partial charge < -0.3 is 11.1 Å². The summed E-state index contributed by atoms with van der Waals surface area (Å²) in [6, 6.07) is 15.3. The highest BCUT2D eigenvalue weighted by Gasteiger charge is 2.70. The minimum absolute atomic E-state index is 0.0487. The monoisotopic (exact) mass is 404 g/mol. The number of nitrogens with two attached hydrogens (primary N) is 1. The number of primary amides is 1. The van der Waals surface area contributed by atoms with Gasteiger partial charge in [-0.05, 0) is 24.6 Å². The van der Waals surface area contributed by atoms with Crippen LogP contribution in [-0.2, 0) is 24.7 Å². The molecule has 1 spiro atoms. The van der Waals surface area contributed by atoms with Gasteiger partial charge in [0.15, 0.2) is 0 Å². The maximum Gasteiger partial charge on any atom is 0.250 e. The molecular weight excluding hydrogens is 384 g/mol. The van der Waals surface area contributed by atoms with Crippen molar-refractivity contribution in [3.05, 3.63) is 60.2 Å². The predicted octanol–water partition coefficient (Wildman–Crippen LogP) is 0.877. The van der Waals surface area contributed by atoms with E-state index in [1.54, 1.807) is 54.6 Å². The second kappa shape index (κ2) is 6.50. The lowest BCUT2D eigenvalue weighted by atomic mass is 9.76. The second-order valence-electron chi connectivity index (χ2n) is 7.91. The molecule has 2 aromatic rings. The molecule has 8 nitrogen and oxygen atoms in total. The molecule has 0 aliphatic carbocycles. The van der Waals surface area contributed by atoms with Crippen molar-refractivity contribution < 1.29 is 19.2 Å². The first-order valence-corrected chi connectivity index (χ1v) is 9.85. The van der Waals surface area contributed by atoms with Crippen molar-refractivity contribution in [3.63, 3.8) is 0 Å². The third-order valence-corrected chi connectivity index (χ3v) is 6.34. The Morgan fingerprint density at radius 3 is 2.43 bits per heavy atom. The van der Waals surface area contributed by atoms with Crippen molar-refractivity contribution in [3.8, 4) is 0 Å². The fourth-order valence-electron chi connectivity index (χ4n) is 5.14. The van der Waals surface area contributed by atoms with E-state index in [0.717, 1.165) is 0 Å². The lowest BCUT2D eigenvalue weighted by Crippen LogP contribution is -2.53. The van der Waals surface area contributed by atoms with Gasteiger partial charge in [-0.3, -0.25) is 24.5 Å². The third kappa shape index (κ3) is 2.37. The van der Waals surface area contributed by atoms with Crippen LogP contribution < -0.4 is 21.3 Å². The number of carbonyl (C=O) groups is 4. The van der Waals surface area contributed by atoms with Crippen molar-refractivity contribution >= 4 is 35.0 Å². The molecule has 4 N–H and O–H groups in total. The molecule has 0 aromatic heterocycles. The molecule has 4 atom stereocenters. The van der Waals surface area contributed by atoms with Crippen LogP contribution in [0.1, 0.15) is 18.4 Å². The molecule has 3 aliphatic heterocycles. The number of nitrogens with one attached hydrogen (secondary N) is 2. The van der Waals surface area contributed by atoms with Crippen LogP contribution in [0.25, 0.3) is 0 Å². The van der Waals surface area contributed by atoms with Gasteiger partial charge in [-0.25, -0.2) is 4.90 Å². The van der Waals surface area contributed by atoms with Gasteiger partial charge in [-0.15, -0.1) is 0 Å². The Bertz CT molecular complexity index is 1090. The number of fused-ring (bicyclic) bond motifs is 4. The maximum absolute atomic E-state index is 13.6. The number of amides is 4. The van der Waals surface area contributed by atoms with Crippen LogP contribution in [0.15, 0.2) is 54.6 Å². The zero-order chi connectivity index (χ0) is 21.0. The standard InChI is InChI=1S/C22H20N4O4/c23-16(27)11-10-15-17-18(20(29)26(19(17)28)12-6-2-1-3-7-12)22(25-15)13-8-4-5-9-14(13)24-21(22)30/h1-9,15,17-18,25H,10-11H2,(H2,23,27)(H,24,30)/t15-,17+,18-,22-/m0/s1. The molecule has 30 heavy (non-hydrogen) atoms. The fourth-order valence-corrected chi connectivity index (χ4v) is 5.14. The average Bonchev–Trinajstić information content (AvgIpc) is 3.32. The van der Waals surface area contributed by atoms with E-state index in [4.69, 9.17) is 5.73 Å². The quantitative estimate of drug-likeness (QED) is 0.653. The summed E-state index contributed by atoms with van der Waals surface area (Å²) in [4.78, 5) is 52.8. The highest BCUT2D eigenvalue weighted by Crippen LogP contribution is 2.53. The summed E-state index contributed by atoms with van der Waals surface area (Å²) in [5.41, 5.74) is 5.69. The van der Waals surface area contributed by atoms with Crippen LogP contribution in [-0.4, -0.2) is 29.7 Å². The van der Waals surface area contributed by atoms with Gasteiger partial charge in [0, 0.05) is 23.7 Å². The van der Waals surface area contributed by atoms with Gasteiger partial charge in [0.05, 0.1) is 17.5 Å². The lowest BCUT2D eigenvalue weighted by Gasteiger charge is -2.29. The molecule has 152 valence electrons. The van der Waals surface area contributed by atoms with E-state index in [0.29, 0.717) is 16.9 Å². The number of imide groups is 1. The first kappa shape index (κ1) is 18.5. The summed E-state index contributed by atoms with van der Waals surface area (Å²) in [7, 11) is 0. The Balaban J connectivity index is 1.65. The molecule has 5 rings (SSSR count). The second-order valence-corrected chi connectivity index (χ2v) is 7.91. The number of hydrogen-bond donors (Lipinski definition) is 3. The first-order valence-electron chi connectivity index (χ1n) is 9.85. The Morgan fingerprint density at radius 2 is 1.70 bits per heavy atom. The average molecular weight is 404 g/mol. The molecule has 4 amide bonds. The number of para-hydroxylation sites is 2. The largest absolute Gasteiger partial charge is 0.370 e. The topological polar surface area (TPSA) is 122 Å². The molecule has 2 saturated heterocycles. The highest BCUT2D eigenvalue weighted by atomic mass is 16.2. The summed E-state index contributed by atoms with van der Waals surface area (Å²) in [5, 5.41) is 6.12. The number of nitrogens with zero attached hydrogens (tertiary/aromatic N) is 1. The van der Waals surface area contributed by atoms with Crippen molar-refractivity contribution in [2.24, 2.45) is 17.6 Å². The summed E-state index contributed by atoms with van der Waals surface area (Å²) in [6.07, 6.45) is 0.308. The van der Waals surface area contributed by atoms with Gasteiger partial charge in [-0.2, -0.15) is 0 Å². The van der Waals surface area contributed by atoms with E-state index in [1.165, 1.54) is 4.90 Å². The number of benzene rings is 2. The van der Waals surface area contributed by atoms with Gasteiger partial charge in [0.2, 0.25) is 23.6 Å². The summed E-state index contributed by atoms with van der Waals surface area (Å²) in [6.45, 7) is 0. The van der Waals surface area contributed by atoms with Crippen LogP contribution in [0, 0.1) is 11.8 Å². The SMILES string of the molecule is NC(=O)CC[C@@H]1N[C@]2(C(=O)Nc3ccccc32)[C@@H]2C(=O)N(c3ccccc3)C(=O)[C@H]12. The molecule has 0 bridgehead atoms. The molecule has 0 radical (unpaired) electrons. The predicted molar refractivity (Wildman–Crippen MR) is 108 cm³/mol. The van der Waals surface area contributed by atoms with Crippen LogP contribution in [0.4, 0.5) is 11.4 Å². The molecule has 3 heterocycles. The lowest BCUT2D eigenvalue weighted by molar-refractivity contribution is -0.130. The van der Waals surface area contributed by atoms with Crippen LogP contribution in [0.2, 0.25) is 0 Å². The first-order chi connectivity index (χ1) is 14.4. The van der Waals surface area contributed by atoms with E-state index in [2.05, 4.69) is 10.6 Å². The fraction of sp³-hybridized carbons (Fsp3) is 0.273. The van der Waals surface area contributed by atoms with Gasteiger partial charge >= 0.3 is 0 Å². The summed E-state index contributed by atoms with van der Waals surface area (Å²) >= 11 is 0. The van der Waals surface area contributed by atoms with Crippen LogP contribution in [0.5, 0.6) is 0 Å². The summed E-state index contributed by atoms with van der Waals surface area (Å²) in [5.74, 6) is -3.33. The zero-order valence-corrected chi connectivity index (χ0v) is 16.0. The Labute approximate surface area is 172 Å². The minimum Gasteiger partial charge on any atom is -0.370 e. The molecule has 2 fully saturated rings. The van der Waals surface area contributed by atoms with Gasteiger partial charge in [-0.1, -0.05) is 36.4 Å². The highest BCUT2D eigenvalue weighted by molar-refractivity contribution is 6.25. The zero-order valence-electron chi connectivity index (χ0n) is 16.0. The van der Waals surface area contributed by atoms with Gasteiger partial charge in [0.1, 0.15) is 5.54 Å². The Hall–Kier alpha value is -3.52. The van der Waals surface area contributed by atoms with Crippen molar-refractivity contribution in [2.45, 2.75) is 24.4 Å². The number of anilines is 2. The Morgan fingerprint density at radius 1 is 1.00 bits per heavy atom. The van der Waals surface area contributed by atoms with Crippen LogP contribution >= 0.6 is 0 Å². The Kier molecular flexibility index (Phi) is 4.01. The van der Waals surface area contributed by atoms with E-state index >= 15 is 0 Å². The van der Waals surface area contributed by atoms with E-state index < -0.39 is 35.2 Å². The molecule has 0 unspecified atom stereocenters. The van der Waals surface area contributed by atoms with Crippen molar-refractivity contribution in [2.75, 3.05) is 10.2 Å². The molecule has 3 aliphatic rings. The maximum atomic E-state index is 13.6. The molecule has 8 heteroatoms. The number of hydrogen-bond acceptors (Lipinski definition) is 5. The summed E-state index contributed by atoms with van der Waals surface area (Å²) < 4.78 is 0. The molecule has 2 aromatic carbocycles.